The second kappa shape index (κ2) is 8.11. The van der Waals surface area contributed by atoms with E-state index in [-0.39, 0.29) is 45.7 Å². The zero-order valence-electron chi connectivity index (χ0n) is 14.4. The number of aliphatic hydroxyl groups excluding tert-OH is 1. The summed E-state index contributed by atoms with van der Waals surface area (Å²) in [5.74, 6) is -4.59. The molecule has 1 fully saturated rings. The molecule has 3 atom stereocenters. The number of hydrogen-bond acceptors (Lipinski definition) is 9. The second-order valence-corrected chi connectivity index (χ2v) is 7.03. The van der Waals surface area contributed by atoms with E-state index in [0.29, 0.717) is 0 Å². The van der Waals surface area contributed by atoms with Crippen LogP contribution in [0.4, 0.5) is 0 Å². The van der Waals surface area contributed by atoms with Crippen molar-refractivity contribution in [2.45, 2.75) is 18.4 Å². The van der Waals surface area contributed by atoms with E-state index in [2.05, 4.69) is 0 Å². The van der Waals surface area contributed by atoms with E-state index in [9.17, 15) is 34.8 Å². The van der Waals surface area contributed by atoms with Gasteiger partial charge in [0.1, 0.15) is 12.0 Å². The number of aliphatic hydroxyl groups is 1. The van der Waals surface area contributed by atoms with Crippen LogP contribution in [0, 0.1) is 5.92 Å². The predicted octanol–water partition coefficient (Wildman–Crippen LogP) is -3.87. The fourth-order valence-electron chi connectivity index (χ4n) is 2.81. The number of carboxylic acid groups (broad SMARTS) is 1. The number of esters is 1. The maximum absolute atomic E-state index is 12.0. The Morgan fingerprint density at radius 1 is 1.33 bits per heavy atom. The molecule has 2 aliphatic heterocycles. The van der Waals surface area contributed by atoms with Crippen LogP contribution >= 0.6 is 11.8 Å². The third-order valence-electron chi connectivity index (χ3n) is 4.11. The molecule has 0 aromatic heterocycles. The summed E-state index contributed by atoms with van der Waals surface area (Å²) in [4.78, 5) is 36.6. The van der Waals surface area contributed by atoms with Crippen LogP contribution in [0.1, 0.15) is 17.3 Å². The Morgan fingerprint density at radius 2 is 2.00 bits per heavy atom. The average Bonchev–Trinajstić information content (AvgIpc) is 2.89. The number of ether oxygens (including phenoxy) is 1. The molecule has 1 aromatic carbocycles. The predicted molar refractivity (Wildman–Crippen MR) is 85.5 cm³/mol. The minimum Gasteiger partial charge on any atom is -0.543 e. The number of carboxylic acids is 1. The number of phenolic OH excluding ortho intramolecular Hbond substituents is 2. The Balaban J connectivity index is 0.00000261. The van der Waals surface area contributed by atoms with Gasteiger partial charge in [-0.2, -0.15) is 0 Å². The van der Waals surface area contributed by atoms with Crippen molar-refractivity contribution in [3.05, 3.63) is 34.4 Å². The summed E-state index contributed by atoms with van der Waals surface area (Å²) in [6.07, 6.45) is -0.943. The van der Waals surface area contributed by atoms with Gasteiger partial charge in [0, 0.05) is 0 Å². The van der Waals surface area contributed by atoms with Crippen molar-refractivity contribution in [2.75, 3.05) is 6.61 Å². The third kappa shape index (κ3) is 3.81. The molecule has 0 bridgehead atoms. The number of thioether (sulfide) groups is 1. The van der Waals surface area contributed by atoms with E-state index in [1.807, 2.05) is 0 Å². The van der Waals surface area contributed by atoms with Crippen molar-refractivity contribution >= 4 is 29.6 Å². The topological polar surface area (TPSA) is 147 Å². The van der Waals surface area contributed by atoms with Gasteiger partial charge in [0.25, 0.3) is 0 Å². The zero-order valence-corrected chi connectivity index (χ0v) is 17.2. The first-order valence-electron chi connectivity index (χ1n) is 7.53. The maximum atomic E-state index is 12.0. The van der Waals surface area contributed by atoms with Gasteiger partial charge in [0.05, 0.1) is 34.2 Å². The number of aromatic hydroxyl groups is 2. The number of hydrogen-bond donors (Lipinski definition) is 3. The minimum absolute atomic E-state index is 0. The van der Waals surface area contributed by atoms with Crippen molar-refractivity contribution in [3.8, 4) is 11.5 Å². The molecule has 2 heterocycles. The Bertz CT molecular complexity index is 840. The number of nitrogens with zero attached hydrogens (tertiary/aromatic N) is 1. The van der Waals surface area contributed by atoms with Gasteiger partial charge in [-0.25, -0.2) is 4.79 Å². The SMILES string of the molecule is C[C@@H](O)[C@H]1C(=O)N2C(C(=O)[O-])=C(COC(=O)c3ccc(O)c(O)c3)S[C@H]12.[Na+]. The van der Waals surface area contributed by atoms with E-state index >= 15 is 0 Å². The third-order valence-corrected chi connectivity index (χ3v) is 5.45. The number of aliphatic carboxylic acids is 1. The molecule has 2 aliphatic rings. The van der Waals surface area contributed by atoms with E-state index < -0.39 is 53.3 Å². The summed E-state index contributed by atoms with van der Waals surface area (Å²) in [5.41, 5.74) is -0.414. The van der Waals surface area contributed by atoms with Gasteiger partial charge in [0.2, 0.25) is 5.91 Å². The van der Waals surface area contributed by atoms with Crippen molar-refractivity contribution in [1.29, 1.82) is 0 Å². The van der Waals surface area contributed by atoms with Crippen LogP contribution in [0.25, 0.3) is 0 Å². The van der Waals surface area contributed by atoms with Crippen LogP contribution in [-0.2, 0) is 14.3 Å². The van der Waals surface area contributed by atoms with Crippen LogP contribution in [0.15, 0.2) is 28.8 Å². The summed E-state index contributed by atoms with van der Waals surface area (Å²) in [7, 11) is 0. The molecule has 3 rings (SSSR count). The Labute approximate surface area is 179 Å². The van der Waals surface area contributed by atoms with Crippen LogP contribution in [0.5, 0.6) is 11.5 Å². The Hall–Kier alpha value is -1.72. The number of phenols is 2. The van der Waals surface area contributed by atoms with Crippen LogP contribution in [-0.4, -0.2) is 56.2 Å². The molecule has 3 N–H and O–H groups in total. The number of fused-ring (bicyclic) bond motifs is 1. The molecule has 11 heteroatoms. The van der Waals surface area contributed by atoms with Crippen LogP contribution in [0.2, 0.25) is 0 Å². The molecule has 0 aliphatic carbocycles. The first-order valence-corrected chi connectivity index (χ1v) is 8.41. The molecule has 1 aromatic rings. The van der Waals surface area contributed by atoms with Crippen molar-refractivity contribution in [2.24, 2.45) is 5.92 Å². The second-order valence-electron chi connectivity index (χ2n) is 5.82. The number of carbonyl (C=O) groups is 3. The molecule has 1 amide bonds. The van der Waals surface area contributed by atoms with Gasteiger partial charge in [-0.15, -0.1) is 0 Å². The number of rotatable bonds is 5. The average molecular weight is 403 g/mol. The molecule has 0 spiro atoms. The fourth-order valence-corrected chi connectivity index (χ4v) is 4.33. The molecular formula is C16H14NNaO8S. The molecular weight excluding hydrogens is 389 g/mol. The number of benzene rings is 1. The van der Waals surface area contributed by atoms with Gasteiger partial charge < -0.3 is 30.0 Å². The van der Waals surface area contributed by atoms with Crippen molar-refractivity contribution in [3.63, 3.8) is 0 Å². The Kier molecular flexibility index (Phi) is 6.48. The van der Waals surface area contributed by atoms with Gasteiger partial charge >= 0.3 is 35.5 Å². The van der Waals surface area contributed by atoms with Gasteiger partial charge in [-0.3, -0.25) is 9.69 Å². The molecule has 0 saturated carbocycles. The molecule has 1 saturated heterocycles. The fraction of sp³-hybridized carbons (Fsp3) is 0.312. The standard InChI is InChI=1S/C16H15NO8S.Na/c1-6(18)11-13(21)17-12(15(22)23)10(26-14(11)17)5-25-16(24)7-2-3-8(19)9(20)4-7;/h2-4,6,11,14,18-20H,5H2,1H3,(H,22,23);/q;+1/p-1/t6-,11+,14-;/m1./s1. The van der Waals surface area contributed by atoms with E-state index in [1.165, 1.54) is 13.0 Å². The van der Waals surface area contributed by atoms with E-state index in [4.69, 9.17) is 4.74 Å². The number of β-lactam (4-membered cyclic amide) rings is 1. The van der Waals surface area contributed by atoms with Crippen molar-refractivity contribution in [1.82, 2.24) is 4.90 Å². The largest absolute Gasteiger partial charge is 1.00 e. The van der Waals surface area contributed by atoms with Gasteiger partial charge in [0.15, 0.2) is 11.5 Å². The summed E-state index contributed by atoms with van der Waals surface area (Å²) in [5, 5.41) is 39.1. The maximum Gasteiger partial charge on any atom is 1.00 e. The molecule has 0 unspecified atom stereocenters. The summed E-state index contributed by atoms with van der Waals surface area (Å²) in [6.45, 7) is 1.02. The van der Waals surface area contributed by atoms with Gasteiger partial charge in [-0.1, -0.05) is 11.8 Å². The minimum atomic E-state index is -1.58. The summed E-state index contributed by atoms with van der Waals surface area (Å²) < 4.78 is 5.04. The molecule has 0 radical (unpaired) electrons. The van der Waals surface area contributed by atoms with E-state index in [0.717, 1.165) is 28.8 Å². The quantitative estimate of drug-likeness (QED) is 0.194. The van der Waals surface area contributed by atoms with Crippen LogP contribution in [0.3, 0.4) is 0 Å². The van der Waals surface area contributed by atoms with Crippen LogP contribution < -0.4 is 34.7 Å². The van der Waals surface area contributed by atoms with Crippen molar-refractivity contribution < 1.29 is 69.1 Å². The molecule has 9 nitrogen and oxygen atoms in total. The first-order chi connectivity index (χ1) is 12.2. The Morgan fingerprint density at radius 3 is 2.56 bits per heavy atom. The summed E-state index contributed by atoms with van der Waals surface area (Å²) >= 11 is 1.02. The number of amides is 1. The van der Waals surface area contributed by atoms with E-state index in [1.54, 1.807) is 0 Å². The normalized spacial score (nSPS) is 21.9. The molecule has 27 heavy (non-hydrogen) atoms. The van der Waals surface area contributed by atoms with Gasteiger partial charge in [-0.05, 0) is 25.1 Å². The smallest absolute Gasteiger partial charge is 0.543 e. The number of carbonyl (C=O) groups excluding carboxylic acids is 3. The first kappa shape index (κ1) is 21.6. The molecule has 138 valence electrons. The monoisotopic (exact) mass is 403 g/mol. The summed E-state index contributed by atoms with van der Waals surface area (Å²) in [6, 6.07) is 3.35. The zero-order chi connectivity index (χ0) is 19.2.